The first-order valence-corrected chi connectivity index (χ1v) is 12.5. The lowest BCUT2D eigenvalue weighted by atomic mass is 9.85. The number of carbonyl (C=O) groups is 1. The average molecular weight is 490 g/mol. The minimum atomic E-state index is -0.157. The van der Waals surface area contributed by atoms with Gasteiger partial charge in [0.25, 0.3) is 5.91 Å². The van der Waals surface area contributed by atoms with E-state index in [2.05, 4.69) is 14.7 Å². The molecule has 2 heterocycles. The summed E-state index contributed by atoms with van der Waals surface area (Å²) in [6, 6.07) is 24.7. The van der Waals surface area contributed by atoms with Gasteiger partial charge in [-0.15, -0.1) is 0 Å². The molecule has 0 radical (unpaired) electrons. The quantitative estimate of drug-likeness (QED) is 0.289. The van der Waals surface area contributed by atoms with Gasteiger partial charge in [-0.3, -0.25) is 9.20 Å². The van der Waals surface area contributed by atoms with Crippen molar-refractivity contribution in [1.82, 2.24) is 14.4 Å². The van der Waals surface area contributed by atoms with E-state index in [4.69, 9.17) is 15.5 Å². The number of nitrogen functional groups attached to an aromatic ring is 1. The van der Waals surface area contributed by atoms with Gasteiger partial charge in [0.2, 0.25) is 0 Å². The molecule has 5 aromatic rings. The van der Waals surface area contributed by atoms with Crippen LogP contribution in [0, 0.1) is 0 Å². The first-order valence-electron chi connectivity index (χ1n) is 12.5. The molecule has 6 rings (SSSR count). The number of nitrogens with zero attached hydrogens (tertiary/aromatic N) is 3. The molecule has 3 aromatic carbocycles. The summed E-state index contributed by atoms with van der Waals surface area (Å²) in [4.78, 5) is 22.0. The third-order valence-corrected chi connectivity index (χ3v) is 6.88. The predicted molar refractivity (Wildman–Crippen MR) is 145 cm³/mol. The van der Waals surface area contributed by atoms with Gasteiger partial charge in [-0.25, -0.2) is 9.97 Å². The Labute approximate surface area is 215 Å². The second kappa shape index (κ2) is 9.78. The smallest absolute Gasteiger partial charge is 0.255 e. The van der Waals surface area contributed by atoms with Crippen LogP contribution in [0.1, 0.15) is 46.9 Å². The maximum absolute atomic E-state index is 12.7. The van der Waals surface area contributed by atoms with E-state index >= 15 is 0 Å². The zero-order chi connectivity index (χ0) is 25.2. The van der Waals surface area contributed by atoms with Gasteiger partial charge in [0.1, 0.15) is 35.2 Å². The lowest BCUT2D eigenvalue weighted by Crippen LogP contribution is -2.13. The highest BCUT2D eigenvalue weighted by Gasteiger charge is 2.27. The summed E-state index contributed by atoms with van der Waals surface area (Å²) < 4.78 is 8.26. The van der Waals surface area contributed by atoms with Crippen LogP contribution >= 0.6 is 0 Å². The van der Waals surface area contributed by atoms with E-state index in [-0.39, 0.29) is 5.91 Å². The standard InChI is InChI=1S/C30H27N5O2/c31-28-27-26(34-29(20-11-6-12-20)35(27)17-16-32-28)22-13-7-14-24(18-22)37-19-23-10-4-5-15-25(23)33-30(36)21-8-2-1-3-9-21/h1-5,7-10,13-18,20H,6,11-12,19H2,(H2,31,32)(H,33,36). The van der Waals surface area contributed by atoms with E-state index in [1.807, 2.05) is 72.9 Å². The van der Waals surface area contributed by atoms with Crippen LogP contribution in [-0.2, 0) is 6.61 Å². The highest BCUT2D eigenvalue weighted by molar-refractivity contribution is 6.04. The molecule has 1 amide bonds. The van der Waals surface area contributed by atoms with Crippen LogP contribution in [0.3, 0.4) is 0 Å². The molecule has 0 spiro atoms. The van der Waals surface area contributed by atoms with Crippen LogP contribution in [0.5, 0.6) is 5.75 Å². The molecule has 1 fully saturated rings. The van der Waals surface area contributed by atoms with Crippen molar-refractivity contribution in [1.29, 1.82) is 0 Å². The average Bonchev–Trinajstić information content (AvgIpc) is 3.28. The maximum Gasteiger partial charge on any atom is 0.255 e. The van der Waals surface area contributed by atoms with Crippen LogP contribution in [0.25, 0.3) is 16.8 Å². The Hall–Kier alpha value is -4.65. The lowest BCUT2D eigenvalue weighted by molar-refractivity contribution is 0.102. The Morgan fingerprint density at radius 1 is 1.03 bits per heavy atom. The molecule has 2 aromatic heterocycles. The third kappa shape index (κ3) is 4.51. The van der Waals surface area contributed by atoms with E-state index in [9.17, 15) is 4.79 Å². The summed E-state index contributed by atoms with van der Waals surface area (Å²) in [5.74, 6) is 2.50. The minimum Gasteiger partial charge on any atom is -0.489 e. The summed E-state index contributed by atoms with van der Waals surface area (Å²) in [5.41, 5.74) is 11.1. The van der Waals surface area contributed by atoms with E-state index in [0.717, 1.165) is 46.7 Å². The monoisotopic (exact) mass is 489 g/mol. The van der Waals surface area contributed by atoms with Gasteiger partial charge in [-0.2, -0.15) is 0 Å². The third-order valence-electron chi connectivity index (χ3n) is 6.88. The molecule has 37 heavy (non-hydrogen) atoms. The van der Waals surface area contributed by atoms with Crippen molar-refractivity contribution in [2.75, 3.05) is 11.1 Å². The van der Waals surface area contributed by atoms with Gasteiger partial charge in [-0.05, 0) is 43.2 Å². The molecule has 0 aliphatic heterocycles. The second-order valence-electron chi connectivity index (χ2n) is 9.27. The number of nitrogens with one attached hydrogen (secondary N) is 1. The fourth-order valence-corrected chi connectivity index (χ4v) is 4.69. The SMILES string of the molecule is Nc1nccn2c(C3CCC3)nc(-c3cccc(OCc4ccccc4NC(=O)c4ccccc4)c3)c12. The van der Waals surface area contributed by atoms with Gasteiger partial charge in [-0.1, -0.05) is 55.0 Å². The maximum atomic E-state index is 12.7. The lowest BCUT2D eigenvalue weighted by Gasteiger charge is -2.23. The highest BCUT2D eigenvalue weighted by Crippen LogP contribution is 2.39. The van der Waals surface area contributed by atoms with Gasteiger partial charge in [0.15, 0.2) is 0 Å². The zero-order valence-corrected chi connectivity index (χ0v) is 20.3. The van der Waals surface area contributed by atoms with Crippen LogP contribution in [0.2, 0.25) is 0 Å². The summed E-state index contributed by atoms with van der Waals surface area (Å²) in [5, 5.41) is 3.00. The number of nitrogens with two attached hydrogens (primary N) is 1. The van der Waals surface area contributed by atoms with Crippen molar-refractivity contribution in [2.24, 2.45) is 0 Å². The molecule has 3 N–H and O–H groups in total. The van der Waals surface area contributed by atoms with Gasteiger partial charge in [0, 0.05) is 40.7 Å². The fraction of sp³-hybridized carbons (Fsp3) is 0.167. The summed E-state index contributed by atoms with van der Waals surface area (Å²) >= 11 is 0. The number of benzene rings is 3. The second-order valence-corrected chi connectivity index (χ2v) is 9.27. The van der Waals surface area contributed by atoms with E-state index in [1.54, 1.807) is 18.3 Å². The summed E-state index contributed by atoms with van der Waals surface area (Å²) in [6.07, 6.45) is 7.18. The largest absolute Gasteiger partial charge is 0.489 e. The normalized spacial score (nSPS) is 13.3. The molecule has 7 heteroatoms. The molecule has 0 saturated heterocycles. The summed E-state index contributed by atoms with van der Waals surface area (Å²) in [6.45, 7) is 0.301. The van der Waals surface area contributed by atoms with E-state index < -0.39 is 0 Å². The van der Waals surface area contributed by atoms with Crippen LogP contribution in [-0.4, -0.2) is 20.3 Å². The number of imidazole rings is 1. The summed E-state index contributed by atoms with van der Waals surface area (Å²) in [7, 11) is 0. The van der Waals surface area contributed by atoms with Crippen molar-refractivity contribution in [2.45, 2.75) is 31.8 Å². The number of anilines is 2. The van der Waals surface area contributed by atoms with Crippen LogP contribution in [0.15, 0.2) is 91.3 Å². The number of ether oxygens (including phenoxy) is 1. The molecule has 1 saturated carbocycles. The molecular weight excluding hydrogens is 462 g/mol. The number of para-hydroxylation sites is 1. The van der Waals surface area contributed by atoms with Crippen molar-refractivity contribution >= 4 is 22.9 Å². The zero-order valence-electron chi connectivity index (χ0n) is 20.3. The van der Waals surface area contributed by atoms with E-state index in [1.165, 1.54) is 6.42 Å². The molecule has 7 nitrogen and oxygen atoms in total. The van der Waals surface area contributed by atoms with Crippen molar-refractivity contribution in [3.05, 3.63) is 108 Å². The number of rotatable bonds is 7. The Kier molecular flexibility index (Phi) is 6.02. The van der Waals surface area contributed by atoms with Crippen molar-refractivity contribution in [3.8, 4) is 17.0 Å². The molecule has 0 unspecified atom stereocenters. The number of hydrogen-bond donors (Lipinski definition) is 2. The first-order chi connectivity index (χ1) is 18.2. The Morgan fingerprint density at radius 3 is 2.65 bits per heavy atom. The number of amides is 1. The van der Waals surface area contributed by atoms with Gasteiger partial charge >= 0.3 is 0 Å². The van der Waals surface area contributed by atoms with Crippen molar-refractivity contribution in [3.63, 3.8) is 0 Å². The Morgan fingerprint density at radius 2 is 1.84 bits per heavy atom. The van der Waals surface area contributed by atoms with Gasteiger partial charge < -0.3 is 15.8 Å². The number of fused-ring (bicyclic) bond motifs is 1. The van der Waals surface area contributed by atoms with E-state index in [0.29, 0.717) is 29.7 Å². The number of aromatic nitrogens is 3. The number of hydrogen-bond acceptors (Lipinski definition) is 5. The molecule has 184 valence electrons. The van der Waals surface area contributed by atoms with Gasteiger partial charge in [0.05, 0.1) is 0 Å². The van der Waals surface area contributed by atoms with Crippen LogP contribution in [0.4, 0.5) is 11.5 Å². The van der Waals surface area contributed by atoms with Crippen molar-refractivity contribution < 1.29 is 9.53 Å². The molecule has 1 aliphatic carbocycles. The molecular formula is C30H27N5O2. The Bertz CT molecular complexity index is 1570. The topological polar surface area (TPSA) is 94.5 Å². The highest BCUT2D eigenvalue weighted by atomic mass is 16.5. The minimum absolute atomic E-state index is 0.157. The molecule has 0 bridgehead atoms. The fourth-order valence-electron chi connectivity index (χ4n) is 4.69. The Balaban J connectivity index is 1.25. The molecule has 1 aliphatic rings. The first kappa shape index (κ1) is 22.8. The number of carbonyl (C=O) groups excluding carboxylic acids is 1. The van der Waals surface area contributed by atoms with Crippen LogP contribution < -0.4 is 15.8 Å². The molecule has 0 atom stereocenters. The predicted octanol–water partition coefficient (Wildman–Crippen LogP) is 6.08.